The molecule has 0 bridgehead atoms. The molecule has 2 rings (SSSR count). The predicted molar refractivity (Wildman–Crippen MR) is 85.8 cm³/mol. The highest BCUT2D eigenvalue weighted by Crippen LogP contribution is 2.27. The Hall–Kier alpha value is -1.81. The van der Waals surface area contributed by atoms with Crippen LogP contribution < -0.4 is 10.1 Å². The first-order valence-corrected chi connectivity index (χ1v) is 7.60. The fourth-order valence-corrected chi connectivity index (χ4v) is 2.60. The number of aryl methyl sites for hydroxylation is 2. The first-order valence-electron chi connectivity index (χ1n) is 7.60. The highest BCUT2D eigenvalue weighted by atomic mass is 16.5. The maximum absolute atomic E-state index is 5.46. The summed E-state index contributed by atoms with van der Waals surface area (Å²) < 4.78 is 7.54. The summed E-state index contributed by atoms with van der Waals surface area (Å²) in [5.41, 5.74) is 3.56. The first-order chi connectivity index (χ1) is 10.2. The van der Waals surface area contributed by atoms with Crippen LogP contribution in [0.25, 0.3) is 0 Å². The van der Waals surface area contributed by atoms with Crippen LogP contribution in [0.5, 0.6) is 5.75 Å². The molecule has 4 nitrogen and oxygen atoms in total. The van der Waals surface area contributed by atoms with Gasteiger partial charge in [0.2, 0.25) is 0 Å². The van der Waals surface area contributed by atoms with Crippen molar-refractivity contribution in [3.05, 3.63) is 47.3 Å². The number of rotatable bonds is 7. The Bertz CT molecular complexity index is 577. The van der Waals surface area contributed by atoms with Crippen molar-refractivity contribution >= 4 is 0 Å². The Morgan fingerprint density at radius 3 is 2.76 bits per heavy atom. The summed E-state index contributed by atoms with van der Waals surface area (Å²) >= 11 is 0. The van der Waals surface area contributed by atoms with Gasteiger partial charge in [0.1, 0.15) is 5.75 Å². The Labute approximate surface area is 127 Å². The summed E-state index contributed by atoms with van der Waals surface area (Å²) in [7, 11) is 1.72. The molecule has 2 aromatic rings. The molecule has 0 aliphatic rings. The minimum Gasteiger partial charge on any atom is -0.496 e. The molecular formula is C17H25N3O. The van der Waals surface area contributed by atoms with Crippen molar-refractivity contribution in [3.63, 3.8) is 0 Å². The maximum atomic E-state index is 5.46. The standard InChI is InChI=1S/C17H25N3O/c1-5-11-20-15(9-10-19-20)17(18-6-2)14-8-7-13(3)16(12-14)21-4/h7-10,12,17-18H,5-6,11H2,1-4H3. The van der Waals surface area contributed by atoms with Crippen molar-refractivity contribution in [2.45, 2.75) is 39.8 Å². The van der Waals surface area contributed by atoms with E-state index in [4.69, 9.17) is 4.74 Å². The second kappa shape index (κ2) is 7.27. The largest absolute Gasteiger partial charge is 0.496 e. The number of benzene rings is 1. The molecular weight excluding hydrogens is 262 g/mol. The number of hydrogen-bond donors (Lipinski definition) is 1. The van der Waals surface area contributed by atoms with Crippen molar-refractivity contribution in [2.75, 3.05) is 13.7 Å². The third kappa shape index (κ3) is 3.45. The quantitative estimate of drug-likeness (QED) is 0.849. The van der Waals surface area contributed by atoms with Gasteiger partial charge in [-0.1, -0.05) is 26.0 Å². The van der Waals surface area contributed by atoms with Gasteiger partial charge >= 0.3 is 0 Å². The van der Waals surface area contributed by atoms with Crippen molar-refractivity contribution in [1.29, 1.82) is 0 Å². The molecule has 0 spiro atoms. The van der Waals surface area contributed by atoms with Gasteiger partial charge in [0, 0.05) is 12.7 Å². The Kier molecular flexibility index (Phi) is 5.39. The molecule has 0 aliphatic heterocycles. The summed E-state index contributed by atoms with van der Waals surface area (Å²) in [6, 6.07) is 8.62. The van der Waals surface area contributed by atoms with Gasteiger partial charge in [-0.25, -0.2) is 0 Å². The third-order valence-electron chi connectivity index (χ3n) is 3.65. The number of nitrogens with zero attached hydrogens (tertiary/aromatic N) is 2. The molecule has 0 radical (unpaired) electrons. The first kappa shape index (κ1) is 15.6. The second-order valence-corrected chi connectivity index (χ2v) is 5.20. The molecule has 0 saturated carbocycles. The van der Waals surface area contributed by atoms with Gasteiger partial charge in [0.25, 0.3) is 0 Å². The topological polar surface area (TPSA) is 39.1 Å². The fraction of sp³-hybridized carbons (Fsp3) is 0.471. The lowest BCUT2D eigenvalue weighted by Gasteiger charge is -2.21. The zero-order chi connectivity index (χ0) is 15.2. The van der Waals surface area contributed by atoms with E-state index in [2.05, 4.69) is 60.1 Å². The average molecular weight is 287 g/mol. The van der Waals surface area contributed by atoms with E-state index in [1.807, 2.05) is 6.20 Å². The van der Waals surface area contributed by atoms with Crippen molar-refractivity contribution in [2.24, 2.45) is 0 Å². The SMILES string of the molecule is CCCn1nccc1C(NCC)c1ccc(C)c(OC)c1. The molecule has 1 atom stereocenters. The van der Waals surface area contributed by atoms with Crippen molar-refractivity contribution < 1.29 is 4.74 Å². The minimum absolute atomic E-state index is 0.138. The van der Waals surface area contributed by atoms with Crippen LogP contribution in [0.3, 0.4) is 0 Å². The fourth-order valence-electron chi connectivity index (χ4n) is 2.60. The van der Waals surface area contributed by atoms with E-state index in [1.54, 1.807) is 7.11 Å². The van der Waals surface area contributed by atoms with E-state index in [0.29, 0.717) is 0 Å². The molecule has 114 valence electrons. The summed E-state index contributed by atoms with van der Waals surface area (Å²) in [4.78, 5) is 0. The normalized spacial score (nSPS) is 12.4. The van der Waals surface area contributed by atoms with Gasteiger partial charge in [0.15, 0.2) is 0 Å². The van der Waals surface area contributed by atoms with Gasteiger partial charge in [-0.15, -0.1) is 0 Å². The van der Waals surface area contributed by atoms with Crippen molar-refractivity contribution in [1.82, 2.24) is 15.1 Å². The zero-order valence-electron chi connectivity index (χ0n) is 13.4. The molecule has 0 saturated heterocycles. The Morgan fingerprint density at radius 2 is 2.10 bits per heavy atom. The smallest absolute Gasteiger partial charge is 0.122 e. The Morgan fingerprint density at radius 1 is 1.29 bits per heavy atom. The van der Waals surface area contributed by atoms with Crippen LogP contribution in [0.4, 0.5) is 0 Å². The van der Waals surface area contributed by atoms with E-state index in [0.717, 1.165) is 30.8 Å². The molecule has 1 unspecified atom stereocenters. The van der Waals surface area contributed by atoms with Crippen LogP contribution in [0.2, 0.25) is 0 Å². The van der Waals surface area contributed by atoms with Gasteiger partial charge in [-0.3, -0.25) is 4.68 Å². The number of nitrogens with one attached hydrogen (secondary N) is 1. The summed E-state index contributed by atoms with van der Waals surface area (Å²) in [6.45, 7) is 8.19. The molecule has 0 amide bonds. The van der Waals surface area contributed by atoms with Crippen LogP contribution in [-0.2, 0) is 6.54 Å². The molecule has 4 heteroatoms. The number of hydrogen-bond acceptors (Lipinski definition) is 3. The molecule has 0 fully saturated rings. The molecule has 1 heterocycles. The highest BCUT2D eigenvalue weighted by Gasteiger charge is 2.18. The van der Waals surface area contributed by atoms with E-state index in [9.17, 15) is 0 Å². The monoisotopic (exact) mass is 287 g/mol. The lowest BCUT2D eigenvalue weighted by atomic mass is 10.0. The summed E-state index contributed by atoms with van der Waals surface area (Å²) in [6.07, 6.45) is 2.95. The summed E-state index contributed by atoms with van der Waals surface area (Å²) in [5.74, 6) is 0.928. The lowest BCUT2D eigenvalue weighted by molar-refractivity contribution is 0.410. The molecule has 1 N–H and O–H groups in total. The number of ether oxygens (including phenoxy) is 1. The van der Waals surface area contributed by atoms with Gasteiger partial charge < -0.3 is 10.1 Å². The van der Waals surface area contributed by atoms with Gasteiger partial charge in [-0.2, -0.15) is 5.10 Å². The Balaban J connectivity index is 2.40. The second-order valence-electron chi connectivity index (χ2n) is 5.20. The van der Waals surface area contributed by atoms with E-state index in [1.165, 1.54) is 11.3 Å². The van der Waals surface area contributed by atoms with Crippen LogP contribution in [0.1, 0.15) is 43.1 Å². The van der Waals surface area contributed by atoms with Gasteiger partial charge in [0.05, 0.1) is 18.8 Å². The van der Waals surface area contributed by atoms with E-state index < -0.39 is 0 Å². The average Bonchev–Trinajstić information content (AvgIpc) is 2.94. The summed E-state index contributed by atoms with van der Waals surface area (Å²) in [5, 5.41) is 7.99. The molecule has 1 aromatic heterocycles. The number of aromatic nitrogens is 2. The number of methoxy groups -OCH3 is 1. The van der Waals surface area contributed by atoms with Crippen LogP contribution in [0.15, 0.2) is 30.5 Å². The van der Waals surface area contributed by atoms with Gasteiger partial charge in [-0.05, 0) is 43.1 Å². The van der Waals surface area contributed by atoms with Crippen molar-refractivity contribution in [3.8, 4) is 5.75 Å². The molecule has 1 aromatic carbocycles. The van der Waals surface area contributed by atoms with E-state index >= 15 is 0 Å². The van der Waals surface area contributed by atoms with Crippen LogP contribution in [0, 0.1) is 6.92 Å². The highest BCUT2D eigenvalue weighted by molar-refractivity contribution is 5.40. The third-order valence-corrected chi connectivity index (χ3v) is 3.65. The maximum Gasteiger partial charge on any atom is 0.122 e. The minimum atomic E-state index is 0.138. The van der Waals surface area contributed by atoms with E-state index in [-0.39, 0.29) is 6.04 Å². The predicted octanol–water partition coefficient (Wildman–Crippen LogP) is 3.31. The molecule has 21 heavy (non-hydrogen) atoms. The lowest BCUT2D eigenvalue weighted by Crippen LogP contribution is -2.25. The van der Waals surface area contributed by atoms with Crippen LogP contribution >= 0.6 is 0 Å². The van der Waals surface area contributed by atoms with Crippen LogP contribution in [-0.4, -0.2) is 23.4 Å². The molecule has 0 aliphatic carbocycles. The zero-order valence-corrected chi connectivity index (χ0v) is 13.4.